The highest BCUT2D eigenvalue weighted by atomic mass is 16.3. The Kier molecular flexibility index (Phi) is 58.5. The lowest BCUT2D eigenvalue weighted by molar-refractivity contribution is 0.0467. The molecule has 0 amide bonds. The van der Waals surface area contributed by atoms with Gasteiger partial charge in [0.15, 0.2) is 0 Å². The van der Waals surface area contributed by atoms with Crippen LogP contribution in [0.2, 0.25) is 0 Å². The summed E-state index contributed by atoms with van der Waals surface area (Å²) in [5.74, 6) is 0.469. The molecule has 0 spiro atoms. The molecule has 10 heteroatoms. The zero-order valence-corrected chi connectivity index (χ0v) is 54.5. The zero-order valence-electron chi connectivity index (χ0n) is 54.5. The van der Waals surface area contributed by atoms with Crippen molar-refractivity contribution >= 4 is 0 Å². The van der Waals surface area contributed by atoms with E-state index in [0.29, 0.717) is 25.6 Å². The summed E-state index contributed by atoms with van der Waals surface area (Å²) < 4.78 is 0. The minimum absolute atomic E-state index is 0.107. The fourth-order valence-corrected chi connectivity index (χ4v) is 12.6. The third kappa shape index (κ3) is 54.3. The van der Waals surface area contributed by atoms with Gasteiger partial charge in [0, 0.05) is 58.9 Å². The van der Waals surface area contributed by atoms with E-state index in [9.17, 15) is 25.5 Å². The average molecular weight is 1140 g/mol. The van der Waals surface area contributed by atoms with E-state index < -0.39 is 0 Å². The summed E-state index contributed by atoms with van der Waals surface area (Å²) in [6.45, 7) is 21.1. The van der Waals surface area contributed by atoms with Crippen molar-refractivity contribution in [2.24, 2.45) is 5.92 Å². The minimum atomic E-state index is -0.384. The van der Waals surface area contributed by atoms with Gasteiger partial charge in [-0.1, -0.05) is 258 Å². The molecule has 7 N–H and O–H groups in total. The van der Waals surface area contributed by atoms with Crippen LogP contribution in [0, 0.1) is 5.92 Å². The van der Waals surface area contributed by atoms with Gasteiger partial charge in [0.1, 0.15) is 0 Å². The van der Waals surface area contributed by atoms with Gasteiger partial charge in [-0.05, 0) is 103 Å². The SMILES string of the molecule is CCCCCCCCCCC(O)CN(CCC(CCCCCCCCNCCCCCCCCCCC(O)CCCN1CCNCC1)CC(C)O)CCN(CC(O)CCCCCCCCCC)CC(O)CCCCCCCCCC. The first kappa shape index (κ1) is 77.6. The van der Waals surface area contributed by atoms with Crippen molar-refractivity contribution < 1.29 is 25.5 Å². The highest BCUT2D eigenvalue weighted by Crippen LogP contribution is 2.23. The second kappa shape index (κ2) is 60.3. The third-order valence-electron chi connectivity index (χ3n) is 17.9. The average Bonchev–Trinajstić information content (AvgIpc) is 3.44. The molecule has 0 saturated carbocycles. The van der Waals surface area contributed by atoms with Crippen molar-refractivity contribution in [3.8, 4) is 0 Å². The fourth-order valence-electron chi connectivity index (χ4n) is 12.6. The third-order valence-corrected chi connectivity index (χ3v) is 17.9. The second-order valence-electron chi connectivity index (χ2n) is 26.2. The summed E-state index contributed by atoms with van der Waals surface area (Å²) in [5, 5.41) is 62.4. The van der Waals surface area contributed by atoms with Crippen LogP contribution >= 0.6 is 0 Å². The molecule has 6 unspecified atom stereocenters. The van der Waals surface area contributed by atoms with E-state index in [-0.39, 0.29) is 30.5 Å². The minimum Gasteiger partial charge on any atom is -0.393 e. The van der Waals surface area contributed by atoms with E-state index >= 15 is 0 Å². The Morgan fingerprint density at radius 3 is 1.09 bits per heavy atom. The van der Waals surface area contributed by atoms with Crippen molar-refractivity contribution in [2.75, 3.05) is 85.1 Å². The maximum atomic E-state index is 11.5. The van der Waals surface area contributed by atoms with Crippen LogP contribution in [0.1, 0.15) is 329 Å². The summed E-state index contributed by atoms with van der Waals surface area (Å²) in [6, 6.07) is 0. The summed E-state index contributed by atoms with van der Waals surface area (Å²) >= 11 is 0. The monoisotopic (exact) mass is 1140 g/mol. The van der Waals surface area contributed by atoms with Crippen LogP contribution in [-0.4, -0.2) is 156 Å². The molecule has 0 aromatic carbocycles. The number of rotatable bonds is 65. The molecule has 0 aliphatic carbocycles. The van der Waals surface area contributed by atoms with E-state index in [0.717, 1.165) is 142 Å². The van der Waals surface area contributed by atoms with Crippen molar-refractivity contribution in [3.05, 3.63) is 0 Å². The van der Waals surface area contributed by atoms with Gasteiger partial charge in [0.2, 0.25) is 0 Å². The maximum absolute atomic E-state index is 11.5. The molecule has 0 aromatic rings. The van der Waals surface area contributed by atoms with Crippen molar-refractivity contribution in [1.82, 2.24) is 25.3 Å². The van der Waals surface area contributed by atoms with Gasteiger partial charge in [-0.25, -0.2) is 0 Å². The van der Waals surface area contributed by atoms with Gasteiger partial charge in [-0.15, -0.1) is 0 Å². The molecule has 480 valence electrons. The summed E-state index contributed by atoms with van der Waals surface area (Å²) in [4.78, 5) is 7.37. The molecule has 1 aliphatic heterocycles. The second-order valence-corrected chi connectivity index (χ2v) is 26.2. The number of hydrogen-bond donors (Lipinski definition) is 7. The highest BCUT2D eigenvalue weighted by molar-refractivity contribution is 4.76. The molecule has 1 saturated heterocycles. The molecule has 80 heavy (non-hydrogen) atoms. The maximum Gasteiger partial charge on any atom is 0.0667 e. The van der Waals surface area contributed by atoms with Crippen molar-refractivity contribution in [3.63, 3.8) is 0 Å². The molecule has 1 rings (SSSR count). The first-order valence-electron chi connectivity index (χ1n) is 36.1. The van der Waals surface area contributed by atoms with E-state index in [2.05, 4.69) is 46.1 Å². The smallest absolute Gasteiger partial charge is 0.0667 e. The van der Waals surface area contributed by atoms with Crippen molar-refractivity contribution in [2.45, 2.75) is 360 Å². The van der Waals surface area contributed by atoms with E-state index in [1.54, 1.807) is 0 Å². The van der Waals surface area contributed by atoms with Crippen LogP contribution in [0.15, 0.2) is 0 Å². The van der Waals surface area contributed by atoms with Gasteiger partial charge in [-0.2, -0.15) is 0 Å². The zero-order chi connectivity index (χ0) is 58.0. The Morgan fingerprint density at radius 2 is 0.688 bits per heavy atom. The van der Waals surface area contributed by atoms with Gasteiger partial charge in [-0.3, -0.25) is 9.80 Å². The first-order chi connectivity index (χ1) is 39.2. The van der Waals surface area contributed by atoms with Gasteiger partial charge < -0.3 is 41.1 Å². The fraction of sp³-hybridized carbons (Fsp3) is 1.00. The lowest BCUT2D eigenvalue weighted by Crippen LogP contribution is -2.44. The number of piperazine rings is 1. The quantitative estimate of drug-likeness (QED) is 0.0295. The van der Waals surface area contributed by atoms with Crippen LogP contribution < -0.4 is 10.6 Å². The van der Waals surface area contributed by atoms with Crippen LogP contribution in [-0.2, 0) is 0 Å². The van der Waals surface area contributed by atoms with E-state index in [1.807, 2.05) is 6.92 Å². The normalized spacial score (nSPS) is 15.8. The number of aliphatic hydroxyl groups is 5. The number of nitrogens with one attached hydrogen (secondary N) is 2. The van der Waals surface area contributed by atoms with Crippen LogP contribution in [0.25, 0.3) is 0 Å². The van der Waals surface area contributed by atoms with Gasteiger partial charge >= 0.3 is 0 Å². The molecule has 1 heterocycles. The Hall–Kier alpha value is -0.400. The Labute approximate surface area is 499 Å². The Morgan fingerprint density at radius 1 is 0.362 bits per heavy atom. The lowest BCUT2D eigenvalue weighted by atomic mass is 9.91. The van der Waals surface area contributed by atoms with Gasteiger partial charge in [0.25, 0.3) is 0 Å². The molecule has 1 aliphatic rings. The molecular weight excluding hydrogens is 991 g/mol. The van der Waals surface area contributed by atoms with Gasteiger partial charge in [0.05, 0.1) is 30.5 Å². The molecule has 6 atom stereocenters. The molecular formula is C70H145N5O5. The molecule has 0 aromatic heterocycles. The number of hydrogen-bond acceptors (Lipinski definition) is 10. The predicted molar refractivity (Wildman–Crippen MR) is 348 cm³/mol. The topological polar surface area (TPSA) is 135 Å². The predicted octanol–water partition coefficient (Wildman–Crippen LogP) is 15.9. The van der Waals surface area contributed by atoms with E-state index in [4.69, 9.17) is 0 Å². The highest BCUT2D eigenvalue weighted by Gasteiger charge is 2.21. The van der Waals surface area contributed by atoms with Crippen LogP contribution in [0.3, 0.4) is 0 Å². The standard InChI is InChI=1S/C70H145N5O5/c1-5-8-11-14-17-22-31-38-46-68(78)62-74(59-60-75(63-69(79)47-39-32-23-18-15-12-9-6-2)64-70(80)48-40-33-24-19-16-13-10-7-3)56-50-66(61-65(4)76)44-36-29-26-28-35-42-52-71-51-41-34-27-21-20-25-30-37-45-67(77)49-43-55-73-57-53-72-54-58-73/h65-72,76-80H,5-64H2,1-4H3. The van der Waals surface area contributed by atoms with Crippen molar-refractivity contribution in [1.29, 1.82) is 0 Å². The number of unbranched alkanes of at least 4 members (excludes halogenated alkanes) is 33. The summed E-state index contributed by atoms with van der Waals surface area (Å²) in [7, 11) is 0. The van der Waals surface area contributed by atoms with Crippen LogP contribution in [0.5, 0.6) is 0 Å². The van der Waals surface area contributed by atoms with E-state index in [1.165, 1.54) is 225 Å². The molecule has 0 bridgehead atoms. The number of aliphatic hydroxyl groups excluding tert-OH is 5. The summed E-state index contributed by atoms with van der Waals surface area (Å²) in [6.07, 6.45) is 55.6. The largest absolute Gasteiger partial charge is 0.393 e. The Bertz CT molecular complexity index is 1170. The van der Waals surface area contributed by atoms with Crippen LogP contribution in [0.4, 0.5) is 0 Å². The first-order valence-corrected chi connectivity index (χ1v) is 36.1. The summed E-state index contributed by atoms with van der Waals surface area (Å²) in [5.41, 5.74) is 0. The number of nitrogens with zero attached hydrogens (tertiary/aromatic N) is 3. The molecule has 10 nitrogen and oxygen atoms in total. The molecule has 0 radical (unpaired) electrons. The Balaban J connectivity index is 2.55. The molecule has 1 fully saturated rings. The lowest BCUT2D eigenvalue weighted by Gasteiger charge is -2.32.